The minimum Gasteiger partial charge on any atom is -0.439 e. The van der Waals surface area contributed by atoms with Crippen LogP contribution in [0, 0.1) is 5.92 Å². The summed E-state index contributed by atoms with van der Waals surface area (Å²) in [4.78, 5) is 6.98. The highest BCUT2D eigenvalue weighted by Crippen LogP contribution is 2.29. The first-order valence-electron chi connectivity index (χ1n) is 8.61. The smallest absolute Gasteiger partial charge is 0.211 e. The Morgan fingerprint density at radius 1 is 1.35 bits per heavy atom. The van der Waals surface area contributed by atoms with Gasteiger partial charge < -0.3 is 9.15 Å². The molecule has 2 atom stereocenters. The lowest BCUT2D eigenvalue weighted by Gasteiger charge is -2.35. The number of oxazole rings is 1. The molecule has 0 spiro atoms. The summed E-state index contributed by atoms with van der Waals surface area (Å²) in [6.45, 7) is 8.06. The summed E-state index contributed by atoms with van der Waals surface area (Å²) in [5, 5.41) is 0. The average Bonchev–Trinajstić information content (AvgIpc) is 3.10. The Morgan fingerprint density at radius 2 is 2.17 bits per heavy atom. The lowest BCUT2D eigenvalue weighted by molar-refractivity contribution is 0.0489. The number of piperidine rings is 1. The number of hydrogen-bond acceptors (Lipinski definition) is 4. The second kappa shape index (κ2) is 7.75. The normalized spacial score (nSPS) is 20.5. The van der Waals surface area contributed by atoms with Crippen molar-refractivity contribution in [3.05, 3.63) is 42.4 Å². The molecule has 4 heteroatoms. The molecule has 2 aromatic rings. The van der Waals surface area contributed by atoms with Crippen molar-refractivity contribution < 1.29 is 9.15 Å². The molecule has 0 unspecified atom stereocenters. The van der Waals surface area contributed by atoms with E-state index in [1.54, 1.807) is 0 Å². The van der Waals surface area contributed by atoms with E-state index in [0.717, 1.165) is 43.5 Å². The first kappa shape index (κ1) is 16.2. The number of nitrogens with zero attached hydrogens (tertiary/aromatic N) is 2. The van der Waals surface area contributed by atoms with E-state index < -0.39 is 0 Å². The maximum absolute atomic E-state index is 6.02. The fourth-order valence-electron chi connectivity index (χ4n) is 3.24. The molecular weight excluding hydrogens is 288 g/mol. The summed E-state index contributed by atoms with van der Waals surface area (Å²) in [6, 6.07) is 10.3. The van der Waals surface area contributed by atoms with E-state index in [1.165, 1.54) is 12.8 Å². The number of likely N-dealkylation sites (tertiary alicyclic amines) is 1. The molecule has 2 heterocycles. The van der Waals surface area contributed by atoms with Crippen molar-refractivity contribution in [3.8, 4) is 11.3 Å². The van der Waals surface area contributed by atoms with Crippen LogP contribution in [0.25, 0.3) is 11.3 Å². The summed E-state index contributed by atoms with van der Waals surface area (Å²) >= 11 is 0. The van der Waals surface area contributed by atoms with Crippen molar-refractivity contribution in [2.75, 3.05) is 26.3 Å². The largest absolute Gasteiger partial charge is 0.439 e. The van der Waals surface area contributed by atoms with E-state index >= 15 is 0 Å². The Morgan fingerprint density at radius 3 is 2.96 bits per heavy atom. The molecule has 3 rings (SSSR count). The number of hydrogen-bond donors (Lipinski definition) is 0. The molecule has 0 aliphatic carbocycles. The van der Waals surface area contributed by atoms with E-state index in [2.05, 4.69) is 23.7 Å². The fraction of sp³-hybridized carbons (Fsp3) is 0.526. The van der Waals surface area contributed by atoms with Gasteiger partial charge in [-0.2, -0.15) is 0 Å². The second-order valence-electron chi connectivity index (χ2n) is 6.27. The molecule has 23 heavy (non-hydrogen) atoms. The first-order chi connectivity index (χ1) is 11.3. The Hall–Kier alpha value is -1.65. The number of ether oxygens (including phenoxy) is 1. The van der Waals surface area contributed by atoms with Crippen LogP contribution in [-0.4, -0.2) is 36.2 Å². The van der Waals surface area contributed by atoms with Gasteiger partial charge in [0.15, 0.2) is 5.76 Å². The molecule has 0 amide bonds. The Bertz CT molecular complexity index is 596. The summed E-state index contributed by atoms with van der Waals surface area (Å²) < 4.78 is 11.6. The summed E-state index contributed by atoms with van der Waals surface area (Å²) in [7, 11) is 0. The summed E-state index contributed by atoms with van der Waals surface area (Å²) in [5.41, 5.74) is 1.08. The Labute approximate surface area is 138 Å². The predicted molar refractivity (Wildman–Crippen MR) is 91.1 cm³/mol. The summed E-state index contributed by atoms with van der Waals surface area (Å²) in [6.07, 6.45) is 4.31. The topological polar surface area (TPSA) is 38.5 Å². The molecule has 1 aromatic carbocycles. The molecule has 0 N–H and O–H groups in total. The first-order valence-corrected chi connectivity index (χ1v) is 8.61. The van der Waals surface area contributed by atoms with Crippen LogP contribution in [-0.2, 0) is 4.74 Å². The number of rotatable bonds is 6. The molecule has 0 saturated carbocycles. The average molecular weight is 314 g/mol. The van der Waals surface area contributed by atoms with Gasteiger partial charge in [0.05, 0.1) is 18.8 Å². The van der Waals surface area contributed by atoms with Crippen molar-refractivity contribution >= 4 is 0 Å². The van der Waals surface area contributed by atoms with Gasteiger partial charge >= 0.3 is 0 Å². The van der Waals surface area contributed by atoms with Crippen molar-refractivity contribution in [2.24, 2.45) is 5.92 Å². The highest BCUT2D eigenvalue weighted by Gasteiger charge is 2.27. The molecule has 4 nitrogen and oxygen atoms in total. The quantitative estimate of drug-likeness (QED) is 0.803. The number of aromatic nitrogens is 1. The van der Waals surface area contributed by atoms with Gasteiger partial charge in [-0.3, -0.25) is 4.90 Å². The van der Waals surface area contributed by atoms with Crippen molar-refractivity contribution in [2.45, 2.75) is 32.7 Å². The van der Waals surface area contributed by atoms with Gasteiger partial charge in [0.25, 0.3) is 0 Å². The molecule has 0 bridgehead atoms. The van der Waals surface area contributed by atoms with Crippen LogP contribution in [0.1, 0.15) is 38.6 Å². The van der Waals surface area contributed by atoms with Crippen LogP contribution < -0.4 is 0 Å². The lowest BCUT2D eigenvalue weighted by Crippen LogP contribution is -2.38. The standard InChI is InChI=1S/C19H26N2O2/c1-3-22-14-16-8-7-11-21(13-16)15(2)19-20-12-18(23-19)17-9-5-4-6-10-17/h4-6,9-10,12,15-16H,3,7-8,11,13-14H2,1-2H3/t15-,16+/m1/s1. The molecule has 124 valence electrons. The predicted octanol–water partition coefficient (Wildman–Crippen LogP) is 4.15. The van der Waals surface area contributed by atoms with Crippen LogP contribution >= 0.6 is 0 Å². The van der Waals surface area contributed by atoms with E-state index in [-0.39, 0.29) is 6.04 Å². The van der Waals surface area contributed by atoms with Crippen LogP contribution in [0.5, 0.6) is 0 Å². The Kier molecular flexibility index (Phi) is 5.47. The van der Waals surface area contributed by atoms with Crippen LogP contribution in [0.15, 0.2) is 40.9 Å². The minimum atomic E-state index is 0.205. The lowest BCUT2D eigenvalue weighted by atomic mass is 9.97. The second-order valence-corrected chi connectivity index (χ2v) is 6.27. The van der Waals surface area contributed by atoms with Gasteiger partial charge in [-0.05, 0) is 39.2 Å². The van der Waals surface area contributed by atoms with Gasteiger partial charge in [0.2, 0.25) is 5.89 Å². The maximum Gasteiger partial charge on any atom is 0.211 e. The SMILES string of the molecule is CCOC[C@H]1CCCN([C@H](C)c2ncc(-c3ccccc3)o2)C1. The molecule has 1 saturated heterocycles. The minimum absolute atomic E-state index is 0.205. The van der Waals surface area contributed by atoms with Crippen LogP contribution in [0.4, 0.5) is 0 Å². The van der Waals surface area contributed by atoms with Crippen LogP contribution in [0.3, 0.4) is 0 Å². The molecular formula is C19H26N2O2. The highest BCUT2D eigenvalue weighted by molar-refractivity contribution is 5.55. The van der Waals surface area contributed by atoms with Crippen molar-refractivity contribution in [1.29, 1.82) is 0 Å². The van der Waals surface area contributed by atoms with E-state index in [4.69, 9.17) is 9.15 Å². The van der Waals surface area contributed by atoms with Gasteiger partial charge in [0, 0.05) is 18.7 Å². The zero-order valence-electron chi connectivity index (χ0n) is 14.1. The zero-order valence-corrected chi connectivity index (χ0v) is 14.1. The third-order valence-corrected chi connectivity index (χ3v) is 4.60. The molecule has 0 radical (unpaired) electrons. The maximum atomic E-state index is 6.02. The summed E-state index contributed by atoms with van der Waals surface area (Å²) in [5.74, 6) is 2.27. The Balaban J connectivity index is 1.66. The van der Waals surface area contributed by atoms with Gasteiger partial charge in [-0.15, -0.1) is 0 Å². The van der Waals surface area contributed by atoms with E-state index in [9.17, 15) is 0 Å². The molecule has 1 aliphatic heterocycles. The molecule has 1 fully saturated rings. The van der Waals surface area contributed by atoms with E-state index in [1.807, 2.05) is 36.5 Å². The van der Waals surface area contributed by atoms with Crippen molar-refractivity contribution in [1.82, 2.24) is 9.88 Å². The molecule has 1 aromatic heterocycles. The monoisotopic (exact) mass is 314 g/mol. The van der Waals surface area contributed by atoms with E-state index in [0.29, 0.717) is 5.92 Å². The molecule has 1 aliphatic rings. The van der Waals surface area contributed by atoms with Gasteiger partial charge in [-0.1, -0.05) is 30.3 Å². The zero-order chi connectivity index (χ0) is 16.1. The van der Waals surface area contributed by atoms with Gasteiger partial charge in [0.1, 0.15) is 0 Å². The fourth-order valence-corrected chi connectivity index (χ4v) is 3.24. The number of benzene rings is 1. The van der Waals surface area contributed by atoms with Gasteiger partial charge in [-0.25, -0.2) is 4.98 Å². The van der Waals surface area contributed by atoms with Crippen molar-refractivity contribution in [3.63, 3.8) is 0 Å². The van der Waals surface area contributed by atoms with Crippen LogP contribution in [0.2, 0.25) is 0 Å². The third kappa shape index (κ3) is 4.01. The third-order valence-electron chi connectivity index (χ3n) is 4.60. The highest BCUT2D eigenvalue weighted by atomic mass is 16.5.